The highest BCUT2D eigenvalue weighted by molar-refractivity contribution is 6.32. The molecule has 0 unspecified atom stereocenters. The van der Waals surface area contributed by atoms with Gasteiger partial charge >= 0.3 is 0 Å². The molecule has 1 amide bonds. The van der Waals surface area contributed by atoms with Gasteiger partial charge in [-0.1, -0.05) is 60.1 Å². The van der Waals surface area contributed by atoms with E-state index in [4.69, 9.17) is 21.4 Å². The number of halogens is 2. The summed E-state index contributed by atoms with van der Waals surface area (Å²) in [4.78, 5) is 15.2. The van der Waals surface area contributed by atoms with Gasteiger partial charge in [0, 0.05) is 24.2 Å². The van der Waals surface area contributed by atoms with Crippen molar-refractivity contribution in [3.63, 3.8) is 0 Å². The van der Waals surface area contributed by atoms with Crippen molar-refractivity contribution in [1.82, 2.24) is 14.7 Å². The quantitative estimate of drug-likeness (QED) is 0.307. The number of carbonyl (C=O) groups excluding carboxylic acids is 1. The van der Waals surface area contributed by atoms with Crippen molar-refractivity contribution in [2.45, 2.75) is 25.4 Å². The van der Waals surface area contributed by atoms with E-state index in [-0.39, 0.29) is 18.5 Å². The second kappa shape index (κ2) is 9.31. The van der Waals surface area contributed by atoms with Crippen LogP contribution in [0.3, 0.4) is 0 Å². The molecule has 0 radical (unpaired) electrons. The molecule has 0 N–H and O–H groups in total. The summed E-state index contributed by atoms with van der Waals surface area (Å²) in [5, 5.41) is 5.21. The zero-order chi connectivity index (χ0) is 23.7. The summed E-state index contributed by atoms with van der Waals surface area (Å²) in [6.07, 6.45) is 1.81. The van der Waals surface area contributed by atoms with E-state index in [2.05, 4.69) is 0 Å². The number of nitrogens with zero attached hydrogens (tertiary/aromatic N) is 3. The number of aryl methyl sites for hydroxylation is 1. The lowest BCUT2D eigenvalue weighted by Crippen LogP contribution is -2.32. The van der Waals surface area contributed by atoms with Crippen LogP contribution in [-0.2, 0) is 13.6 Å². The standard InChI is InChI=1S/C27H23ClFN3O2/c1-31-27(34-24-13-6-5-12-23(24)28)22(25(30-31)18-8-3-2-4-9-18)17-32(21-14-15-21)26(33)19-10-7-11-20(29)16-19/h2-13,16,21H,14-15,17H2,1H3. The van der Waals surface area contributed by atoms with Crippen molar-refractivity contribution in [1.29, 1.82) is 0 Å². The third kappa shape index (κ3) is 4.54. The van der Waals surface area contributed by atoms with Crippen molar-refractivity contribution >= 4 is 17.5 Å². The van der Waals surface area contributed by atoms with Crippen LogP contribution in [0, 0.1) is 5.82 Å². The zero-order valence-electron chi connectivity index (χ0n) is 18.6. The number of rotatable bonds is 7. The summed E-state index contributed by atoms with van der Waals surface area (Å²) in [5.41, 5.74) is 2.73. The van der Waals surface area contributed by atoms with Gasteiger partial charge in [-0.05, 0) is 43.2 Å². The molecule has 0 spiro atoms. The highest BCUT2D eigenvalue weighted by Crippen LogP contribution is 2.38. The third-order valence-corrected chi connectivity index (χ3v) is 6.14. The maximum atomic E-state index is 13.9. The van der Waals surface area contributed by atoms with Gasteiger partial charge in [-0.3, -0.25) is 4.79 Å². The molecule has 1 fully saturated rings. The maximum absolute atomic E-state index is 13.9. The smallest absolute Gasteiger partial charge is 0.254 e. The Kier molecular flexibility index (Phi) is 6.07. The van der Waals surface area contributed by atoms with E-state index in [9.17, 15) is 9.18 Å². The molecule has 1 saturated carbocycles. The van der Waals surface area contributed by atoms with Crippen LogP contribution in [0.2, 0.25) is 5.02 Å². The first kappa shape index (κ1) is 22.2. The van der Waals surface area contributed by atoms with E-state index in [1.807, 2.05) is 42.5 Å². The number of para-hydroxylation sites is 1. The average Bonchev–Trinajstić information content (AvgIpc) is 3.64. The molecule has 5 nitrogen and oxygen atoms in total. The predicted octanol–water partition coefficient (Wildman–Crippen LogP) is 6.48. The molecule has 1 aliphatic rings. The van der Waals surface area contributed by atoms with E-state index in [1.54, 1.807) is 40.9 Å². The summed E-state index contributed by atoms with van der Waals surface area (Å²) in [6, 6.07) is 22.9. The van der Waals surface area contributed by atoms with E-state index in [1.165, 1.54) is 12.1 Å². The SMILES string of the molecule is Cn1nc(-c2ccccc2)c(CN(C(=O)c2cccc(F)c2)C2CC2)c1Oc1ccccc1Cl. The summed E-state index contributed by atoms with van der Waals surface area (Å²) >= 11 is 6.36. The van der Waals surface area contributed by atoms with Gasteiger partial charge in [0.25, 0.3) is 5.91 Å². The van der Waals surface area contributed by atoms with Crippen LogP contribution >= 0.6 is 11.6 Å². The molecule has 1 aromatic heterocycles. The summed E-state index contributed by atoms with van der Waals surface area (Å²) in [5.74, 6) is 0.358. The molecule has 0 aliphatic heterocycles. The molecule has 34 heavy (non-hydrogen) atoms. The minimum absolute atomic E-state index is 0.0905. The Morgan fingerprint density at radius 3 is 2.53 bits per heavy atom. The van der Waals surface area contributed by atoms with Crippen LogP contribution in [0.4, 0.5) is 4.39 Å². The second-order valence-corrected chi connectivity index (χ2v) is 8.74. The summed E-state index contributed by atoms with van der Waals surface area (Å²) < 4.78 is 21.8. The van der Waals surface area contributed by atoms with E-state index < -0.39 is 5.82 Å². The van der Waals surface area contributed by atoms with Crippen LogP contribution in [-0.4, -0.2) is 26.6 Å². The predicted molar refractivity (Wildman–Crippen MR) is 129 cm³/mol. The van der Waals surface area contributed by atoms with Crippen molar-refractivity contribution in [3.8, 4) is 22.9 Å². The largest absolute Gasteiger partial charge is 0.437 e. The molecule has 3 aromatic carbocycles. The molecule has 7 heteroatoms. The minimum atomic E-state index is -0.435. The van der Waals surface area contributed by atoms with Crippen molar-refractivity contribution in [3.05, 3.63) is 101 Å². The third-order valence-electron chi connectivity index (χ3n) is 5.83. The van der Waals surface area contributed by atoms with E-state index in [0.717, 1.165) is 29.7 Å². The summed E-state index contributed by atoms with van der Waals surface area (Å²) in [6.45, 7) is 0.276. The number of benzene rings is 3. The first-order valence-electron chi connectivity index (χ1n) is 11.1. The second-order valence-electron chi connectivity index (χ2n) is 8.33. The van der Waals surface area contributed by atoms with E-state index >= 15 is 0 Å². The number of aromatic nitrogens is 2. The van der Waals surface area contributed by atoms with E-state index in [0.29, 0.717) is 22.2 Å². The van der Waals surface area contributed by atoms with Gasteiger partial charge < -0.3 is 9.64 Å². The topological polar surface area (TPSA) is 47.4 Å². The Balaban J connectivity index is 1.58. The zero-order valence-corrected chi connectivity index (χ0v) is 19.4. The molecule has 1 heterocycles. The highest BCUT2D eigenvalue weighted by atomic mass is 35.5. The fraction of sp³-hybridized carbons (Fsp3) is 0.185. The Labute approximate surface area is 202 Å². The van der Waals surface area contributed by atoms with Gasteiger partial charge in [-0.2, -0.15) is 5.10 Å². The van der Waals surface area contributed by atoms with Gasteiger partial charge in [-0.15, -0.1) is 0 Å². The monoisotopic (exact) mass is 475 g/mol. The fourth-order valence-electron chi connectivity index (χ4n) is 3.99. The normalized spacial score (nSPS) is 13.0. The number of carbonyl (C=O) groups is 1. The lowest BCUT2D eigenvalue weighted by Gasteiger charge is -2.23. The van der Waals surface area contributed by atoms with Crippen molar-refractivity contribution in [2.75, 3.05) is 0 Å². The summed E-state index contributed by atoms with van der Waals surface area (Å²) in [7, 11) is 1.80. The van der Waals surface area contributed by atoms with Crippen LogP contribution in [0.15, 0.2) is 78.9 Å². The fourth-order valence-corrected chi connectivity index (χ4v) is 4.17. The van der Waals surface area contributed by atoms with Crippen LogP contribution < -0.4 is 4.74 Å². The molecular formula is C27H23ClFN3O2. The van der Waals surface area contributed by atoms with Crippen LogP contribution in [0.5, 0.6) is 11.6 Å². The number of ether oxygens (including phenoxy) is 1. The lowest BCUT2D eigenvalue weighted by molar-refractivity contribution is 0.0728. The molecule has 5 rings (SSSR count). The molecule has 0 saturated heterocycles. The van der Waals surface area contributed by atoms with Crippen LogP contribution in [0.25, 0.3) is 11.3 Å². The Bertz CT molecular complexity index is 1330. The molecule has 4 aromatic rings. The molecule has 0 atom stereocenters. The number of hydrogen-bond acceptors (Lipinski definition) is 3. The average molecular weight is 476 g/mol. The molecule has 0 bridgehead atoms. The molecule has 1 aliphatic carbocycles. The first-order chi connectivity index (χ1) is 16.5. The Morgan fingerprint density at radius 2 is 1.82 bits per heavy atom. The van der Waals surface area contributed by atoms with Gasteiger partial charge in [0.15, 0.2) is 0 Å². The number of hydrogen-bond donors (Lipinski definition) is 0. The Morgan fingerprint density at radius 1 is 1.09 bits per heavy atom. The number of amides is 1. The van der Waals surface area contributed by atoms with Crippen molar-refractivity contribution in [2.24, 2.45) is 7.05 Å². The first-order valence-corrected chi connectivity index (χ1v) is 11.5. The molecule has 172 valence electrons. The van der Waals surface area contributed by atoms with Gasteiger partial charge in [0.05, 0.1) is 17.1 Å². The minimum Gasteiger partial charge on any atom is -0.437 e. The van der Waals surface area contributed by atoms with Crippen LogP contribution in [0.1, 0.15) is 28.8 Å². The van der Waals surface area contributed by atoms with Gasteiger partial charge in [-0.25, -0.2) is 9.07 Å². The van der Waals surface area contributed by atoms with Gasteiger partial charge in [0.2, 0.25) is 5.88 Å². The molecular weight excluding hydrogens is 453 g/mol. The Hall–Kier alpha value is -3.64. The van der Waals surface area contributed by atoms with Gasteiger partial charge in [0.1, 0.15) is 17.3 Å². The highest BCUT2D eigenvalue weighted by Gasteiger charge is 2.35. The lowest BCUT2D eigenvalue weighted by atomic mass is 10.1. The maximum Gasteiger partial charge on any atom is 0.254 e. The van der Waals surface area contributed by atoms with Crippen molar-refractivity contribution < 1.29 is 13.9 Å².